The first-order valence-corrected chi connectivity index (χ1v) is 8.25. The van der Waals surface area contributed by atoms with Crippen molar-refractivity contribution in [3.05, 3.63) is 35.4 Å². The molecule has 0 radical (unpaired) electrons. The highest BCUT2D eigenvalue weighted by Crippen LogP contribution is 2.22. The van der Waals surface area contributed by atoms with Gasteiger partial charge in [0.05, 0.1) is 17.7 Å². The molecule has 0 aromatic heterocycles. The summed E-state index contributed by atoms with van der Waals surface area (Å²) in [4.78, 5) is 48.3. The van der Waals surface area contributed by atoms with Gasteiger partial charge < -0.3 is 9.47 Å². The fraction of sp³-hybridized carbons (Fsp3) is 0.444. The van der Waals surface area contributed by atoms with Crippen LogP contribution in [-0.2, 0) is 19.1 Å². The number of carbonyl (C=O) groups excluding carboxylic acids is 4. The lowest BCUT2D eigenvalue weighted by Crippen LogP contribution is -2.31. The Morgan fingerprint density at radius 1 is 1.04 bits per heavy atom. The van der Waals surface area contributed by atoms with Gasteiger partial charge in [-0.25, -0.2) is 0 Å². The lowest BCUT2D eigenvalue weighted by atomic mass is 10.1. The van der Waals surface area contributed by atoms with Gasteiger partial charge >= 0.3 is 5.97 Å². The number of rotatable bonds is 10. The van der Waals surface area contributed by atoms with E-state index in [4.69, 9.17) is 9.47 Å². The molecule has 1 aliphatic heterocycles. The summed E-state index contributed by atoms with van der Waals surface area (Å²) in [6.07, 6.45) is 0.811. The van der Waals surface area contributed by atoms with Crippen molar-refractivity contribution in [1.29, 1.82) is 0 Å². The van der Waals surface area contributed by atoms with E-state index in [1.54, 1.807) is 24.3 Å². The Balaban J connectivity index is 1.66. The van der Waals surface area contributed by atoms with Crippen LogP contribution in [0, 0.1) is 0 Å². The first kappa shape index (κ1) is 18.8. The molecule has 0 bridgehead atoms. The van der Waals surface area contributed by atoms with Crippen LogP contribution in [0.2, 0.25) is 0 Å². The number of hydrogen-bond acceptors (Lipinski definition) is 6. The molecular formula is C18H21NO6. The van der Waals surface area contributed by atoms with Crippen LogP contribution in [0.1, 0.15) is 46.9 Å². The summed E-state index contributed by atoms with van der Waals surface area (Å²) in [7, 11) is 0. The van der Waals surface area contributed by atoms with Crippen molar-refractivity contribution in [1.82, 2.24) is 4.90 Å². The van der Waals surface area contributed by atoms with Gasteiger partial charge in [0.2, 0.25) is 0 Å². The molecule has 0 N–H and O–H groups in total. The van der Waals surface area contributed by atoms with Crippen molar-refractivity contribution in [2.24, 2.45) is 0 Å². The fourth-order valence-corrected chi connectivity index (χ4v) is 2.43. The zero-order chi connectivity index (χ0) is 18.2. The standard InChI is InChI=1S/C18H21NO6/c1-2-9-25-16(21)11-13(20)12-24-10-5-8-19-17(22)14-6-3-4-7-15(14)18(19)23/h3-4,6-7H,2,5,8-12H2,1H3. The zero-order valence-corrected chi connectivity index (χ0v) is 14.2. The van der Waals surface area contributed by atoms with Gasteiger partial charge in [-0.2, -0.15) is 0 Å². The van der Waals surface area contributed by atoms with Crippen LogP contribution in [-0.4, -0.2) is 54.8 Å². The minimum Gasteiger partial charge on any atom is -0.465 e. The first-order chi connectivity index (χ1) is 12.0. The number of carbonyl (C=O) groups is 4. The summed E-state index contributed by atoms with van der Waals surface area (Å²) in [5, 5.41) is 0. The van der Waals surface area contributed by atoms with Crippen molar-refractivity contribution in [2.75, 3.05) is 26.4 Å². The lowest BCUT2D eigenvalue weighted by molar-refractivity contribution is -0.146. The molecule has 7 nitrogen and oxygen atoms in total. The number of imide groups is 1. The molecule has 0 saturated heterocycles. The maximum Gasteiger partial charge on any atom is 0.313 e. The van der Waals surface area contributed by atoms with Gasteiger partial charge in [0.25, 0.3) is 11.8 Å². The molecule has 0 aliphatic carbocycles. The lowest BCUT2D eigenvalue weighted by Gasteiger charge is -2.13. The number of ketones is 1. The van der Waals surface area contributed by atoms with E-state index in [9.17, 15) is 19.2 Å². The molecule has 0 spiro atoms. The minimum absolute atomic E-state index is 0.191. The molecule has 0 fully saturated rings. The van der Waals surface area contributed by atoms with Crippen molar-refractivity contribution in [3.8, 4) is 0 Å². The molecule has 2 rings (SSSR count). The molecule has 7 heteroatoms. The molecule has 0 saturated carbocycles. The molecule has 0 atom stereocenters. The minimum atomic E-state index is -0.554. The molecule has 0 unspecified atom stereocenters. The Morgan fingerprint density at radius 3 is 2.28 bits per heavy atom. The molecule has 1 heterocycles. The third-order valence-electron chi connectivity index (χ3n) is 3.62. The molecule has 134 valence electrons. The second-order valence-corrected chi connectivity index (χ2v) is 5.65. The third-order valence-corrected chi connectivity index (χ3v) is 3.62. The highest BCUT2D eigenvalue weighted by molar-refractivity contribution is 6.21. The SMILES string of the molecule is CCCOC(=O)CC(=O)COCCCN1C(=O)c2ccccc2C1=O. The number of amides is 2. The van der Waals surface area contributed by atoms with E-state index in [-0.39, 0.29) is 43.8 Å². The average Bonchev–Trinajstić information content (AvgIpc) is 2.84. The second kappa shape index (κ2) is 9.08. The predicted molar refractivity (Wildman–Crippen MR) is 88.1 cm³/mol. The monoisotopic (exact) mass is 347 g/mol. The molecule has 2 amide bonds. The first-order valence-electron chi connectivity index (χ1n) is 8.25. The Bertz CT molecular complexity index is 634. The van der Waals surface area contributed by atoms with E-state index >= 15 is 0 Å². The smallest absolute Gasteiger partial charge is 0.313 e. The van der Waals surface area contributed by atoms with Gasteiger partial charge in [-0.15, -0.1) is 0 Å². The maximum absolute atomic E-state index is 12.1. The molecule has 25 heavy (non-hydrogen) atoms. The van der Waals surface area contributed by atoms with E-state index in [0.717, 1.165) is 0 Å². The normalized spacial score (nSPS) is 13.1. The van der Waals surface area contributed by atoms with Crippen molar-refractivity contribution in [3.63, 3.8) is 0 Å². The Morgan fingerprint density at radius 2 is 1.68 bits per heavy atom. The summed E-state index contributed by atoms with van der Waals surface area (Å²) in [5.74, 6) is -1.53. The number of nitrogens with zero attached hydrogens (tertiary/aromatic N) is 1. The number of ether oxygens (including phenoxy) is 2. The van der Waals surface area contributed by atoms with E-state index in [2.05, 4.69) is 0 Å². The van der Waals surface area contributed by atoms with Crippen molar-refractivity contribution < 1.29 is 28.7 Å². The largest absolute Gasteiger partial charge is 0.465 e. The summed E-state index contributed by atoms with van der Waals surface area (Å²) in [5.41, 5.74) is 0.823. The number of hydrogen-bond donors (Lipinski definition) is 0. The van der Waals surface area contributed by atoms with E-state index < -0.39 is 5.97 Å². The third kappa shape index (κ3) is 4.96. The second-order valence-electron chi connectivity index (χ2n) is 5.65. The van der Waals surface area contributed by atoms with Crippen LogP contribution in [0.4, 0.5) is 0 Å². The van der Waals surface area contributed by atoms with Crippen LogP contribution in [0.5, 0.6) is 0 Å². The average molecular weight is 347 g/mol. The van der Waals surface area contributed by atoms with Crippen LogP contribution in [0.15, 0.2) is 24.3 Å². The number of Topliss-reactive ketones (excluding diaryl/α,β-unsaturated/α-hetero) is 1. The summed E-state index contributed by atoms with van der Waals surface area (Å²) in [6, 6.07) is 6.69. The Hall–Kier alpha value is -2.54. The summed E-state index contributed by atoms with van der Waals surface area (Å²) >= 11 is 0. The highest BCUT2D eigenvalue weighted by atomic mass is 16.5. The number of benzene rings is 1. The van der Waals surface area contributed by atoms with Gasteiger partial charge in [0.15, 0.2) is 5.78 Å². The molecular weight excluding hydrogens is 326 g/mol. The number of fused-ring (bicyclic) bond motifs is 1. The van der Waals surface area contributed by atoms with Gasteiger partial charge in [0.1, 0.15) is 13.0 Å². The van der Waals surface area contributed by atoms with Crippen molar-refractivity contribution in [2.45, 2.75) is 26.2 Å². The van der Waals surface area contributed by atoms with Gasteiger partial charge in [-0.05, 0) is 25.0 Å². The molecule has 1 aromatic rings. The molecule has 1 aromatic carbocycles. The van der Waals surface area contributed by atoms with Crippen LogP contribution >= 0.6 is 0 Å². The number of esters is 1. The summed E-state index contributed by atoms with van der Waals surface area (Å²) < 4.78 is 10.0. The maximum atomic E-state index is 12.1. The van der Waals surface area contributed by atoms with E-state index in [1.807, 2.05) is 6.92 Å². The zero-order valence-electron chi connectivity index (χ0n) is 14.2. The van der Waals surface area contributed by atoms with E-state index in [0.29, 0.717) is 30.6 Å². The van der Waals surface area contributed by atoms with Gasteiger partial charge in [0, 0.05) is 13.2 Å². The van der Waals surface area contributed by atoms with Gasteiger partial charge in [-0.1, -0.05) is 19.1 Å². The topological polar surface area (TPSA) is 90.0 Å². The molecule has 1 aliphatic rings. The fourth-order valence-electron chi connectivity index (χ4n) is 2.43. The van der Waals surface area contributed by atoms with Gasteiger partial charge in [-0.3, -0.25) is 24.1 Å². The van der Waals surface area contributed by atoms with Crippen LogP contribution < -0.4 is 0 Å². The predicted octanol–water partition coefficient (Wildman–Crippen LogP) is 1.60. The Kier molecular flexibility index (Phi) is 6.82. The summed E-state index contributed by atoms with van der Waals surface area (Å²) in [6.45, 7) is 2.41. The highest BCUT2D eigenvalue weighted by Gasteiger charge is 2.34. The van der Waals surface area contributed by atoms with Crippen LogP contribution in [0.25, 0.3) is 0 Å². The quantitative estimate of drug-likeness (QED) is 0.276. The van der Waals surface area contributed by atoms with Crippen LogP contribution in [0.3, 0.4) is 0 Å². The van der Waals surface area contributed by atoms with E-state index in [1.165, 1.54) is 4.90 Å². The van der Waals surface area contributed by atoms with Crippen molar-refractivity contribution >= 4 is 23.6 Å². The Labute approximate surface area is 145 Å².